The summed E-state index contributed by atoms with van der Waals surface area (Å²) in [6, 6.07) is 22.2. The van der Waals surface area contributed by atoms with E-state index in [1.807, 2.05) is 11.0 Å². The molecule has 4 heteroatoms. The van der Waals surface area contributed by atoms with E-state index in [2.05, 4.69) is 86.7 Å². The SMILES string of the molecule is Cc1cc(CN2CCCC(O)C2C(=O)O)ccc1C=Cc1cccc(-c2ccccc2)c1C. The summed E-state index contributed by atoms with van der Waals surface area (Å²) in [6.45, 7) is 5.45. The highest BCUT2D eigenvalue weighted by Crippen LogP contribution is 2.27. The molecule has 4 rings (SSSR count). The van der Waals surface area contributed by atoms with E-state index in [1.165, 1.54) is 22.3 Å². The number of aliphatic hydroxyl groups excluding tert-OH is 1. The summed E-state index contributed by atoms with van der Waals surface area (Å²) in [6.07, 6.45) is 4.84. The number of nitrogens with zero attached hydrogens (tertiary/aromatic N) is 1. The van der Waals surface area contributed by atoms with E-state index < -0.39 is 18.1 Å². The van der Waals surface area contributed by atoms with Crippen LogP contribution in [-0.4, -0.2) is 39.8 Å². The summed E-state index contributed by atoms with van der Waals surface area (Å²) in [4.78, 5) is 13.5. The van der Waals surface area contributed by atoms with Crippen molar-refractivity contribution in [3.63, 3.8) is 0 Å². The fourth-order valence-electron chi connectivity index (χ4n) is 4.74. The van der Waals surface area contributed by atoms with Crippen molar-refractivity contribution in [1.82, 2.24) is 4.90 Å². The second-order valence-electron chi connectivity index (χ2n) is 8.87. The third-order valence-electron chi connectivity index (χ3n) is 6.58. The van der Waals surface area contributed by atoms with Gasteiger partial charge in [-0.1, -0.05) is 78.9 Å². The Balaban J connectivity index is 1.52. The van der Waals surface area contributed by atoms with Crippen molar-refractivity contribution in [3.05, 3.63) is 94.5 Å². The molecule has 0 aliphatic carbocycles. The monoisotopic (exact) mass is 441 g/mol. The van der Waals surface area contributed by atoms with Gasteiger partial charge >= 0.3 is 5.97 Å². The predicted molar refractivity (Wildman–Crippen MR) is 134 cm³/mol. The highest BCUT2D eigenvalue weighted by Gasteiger charge is 2.35. The number of carboxylic acids is 1. The van der Waals surface area contributed by atoms with E-state index in [0.717, 1.165) is 23.1 Å². The van der Waals surface area contributed by atoms with Crippen molar-refractivity contribution >= 4 is 18.1 Å². The molecule has 170 valence electrons. The van der Waals surface area contributed by atoms with Crippen molar-refractivity contribution in [2.75, 3.05) is 6.54 Å². The van der Waals surface area contributed by atoms with Gasteiger partial charge in [0, 0.05) is 6.54 Å². The quantitative estimate of drug-likeness (QED) is 0.492. The third-order valence-corrected chi connectivity index (χ3v) is 6.58. The van der Waals surface area contributed by atoms with Crippen LogP contribution in [0.2, 0.25) is 0 Å². The molecule has 3 aromatic rings. The Morgan fingerprint density at radius 1 is 1.00 bits per heavy atom. The zero-order chi connectivity index (χ0) is 23.4. The summed E-state index contributed by atoms with van der Waals surface area (Å²) in [5, 5.41) is 19.7. The van der Waals surface area contributed by atoms with Gasteiger partial charge in [-0.05, 0) is 72.2 Å². The van der Waals surface area contributed by atoms with Gasteiger partial charge in [-0.25, -0.2) is 0 Å². The second-order valence-corrected chi connectivity index (χ2v) is 8.87. The van der Waals surface area contributed by atoms with Gasteiger partial charge in [-0.3, -0.25) is 9.69 Å². The Labute approximate surface area is 195 Å². The Kier molecular flexibility index (Phi) is 7.07. The number of benzene rings is 3. The van der Waals surface area contributed by atoms with E-state index in [4.69, 9.17) is 0 Å². The lowest BCUT2D eigenvalue weighted by atomic mass is 9.95. The van der Waals surface area contributed by atoms with Crippen LogP contribution in [0.1, 0.15) is 40.7 Å². The second kappa shape index (κ2) is 10.2. The van der Waals surface area contributed by atoms with Crippen LogP contribution in [0.5, 0.6) is 0 Å². The first-order chi connectivity index (χ1) is 15.9. The highest BCUT2D eigenvalue weighted by atomic mass is 16.4. The summed E-state index contributed by atoms with van der Waals surface area (Å²) in [5.74, 6) is -0.952. The molecule has 2 atom stereocenters. The topological polar surface area (TPSA) is 60.8 Å². The standard InChI is InChI=1S/C29H31NO3/c1-20-18-22(19-30-17-7-12-27(31)28(30)29(32)33)13-14-23(20)15-16-24-10-6-11-26(21(24)2)25-8-4-3-5-9-25/h3-6,8-11,13-16,18,27-28,31H,7,12,17,19H2,1-2H3,(H,32,33). The average molecular weight is 442 g/mol. The molecule has 0 radical (unpaired) electrons. The molecular formula is C29H31NO3. The van der Waals surface area contributed by atoms with Crippen LogP contribution in [0.25, 0.3) is 23.3 Å². The molecule has 0 aromatic heterocycles. The van der Waals surface area contributed by atoms with Gasteiger partial charge in [0.1, 0.15) is 6.04 Å². The van der Waals surface area contributed by atoms with Gasteiger partial charge < -0.3 is 10.2 Å². The average Bonchev–Trinajstić information content (AvgIpc) is 2.80. The minimum atomic E-state index is -0.952. The minimum absolute atomic E-state index is 0.525. The van der Waals surface area contributed by atoms with Crippen LogP contribution in [0.3, 0.4) is 0 Å². The number of hydrogen-bond acceptors (Lipinski definition) is 3. The van der Waals surface area contributed by atoms with Gasteiger partial charge in [-0.2, -0.15) is 0 Å². The molecule has 1 aliphatic heterocycles. The maximum atomic E-state index is 11.6. The zero-order valence-electron chi connectivity index (χ0n) is 19.2. The smallest absolute Gasteiger partial charge is 0.323 e. The molecule has 0 saturated carbocycles. The van der Waals surface area contributed by atoms with E-state index >= 15 is 0 Å². The van der Waals surface area contributed by atoms with Gasteiger partial charge in [0.25, 0.3) is 0 Å². The fraction of sp³-hybridized carbons (Fsp3) is 0.276. The summed E-state index contributed by atoms with van der Waals surface area (Å²) in [5.41, 5.74) is 8.23. The van der Waals surface area contributed by atoms with Crippen LogP contribution in [-0.2, 0) is 11.3 Å². The Morgan fingerprint density at radius 3 is 2.48 bits per heavy atom. The van der Waals surface area contributed by atoms with Crippen LogP contribution >= 0.6 is 0 Å². The molecule has 2 N–H and O–H groups in total. The maximum Gasteiger partial charge on any atom is 0.323 e. The first kappa shape index (κ1) is 23.0. The molecule has 33 heavy (non-hydrogen) atoms. The molecule has 4 nitrogen and oxygen atoms in total. The largest absolute Gasteiger partial charge is 0.480 e. The summed E-state index contributed by atoms with van der Waals surface area (Å²) < 4.78 is 0. The van der Waals surface area contributed by atoms with Crippen LogP contribution < -0.4 is 0 Å². The maximum absolute atomic E-state index is 11.6. The van der Waals surface area contributed by atoms with Gasteiger partial charge in [-0.15, -0.1) is 0 Å². The number of aliphatic carboxylic acids is 1. The molecule has 0 amide bonds. The van der Waals surface area contributed by atoms with Crippen molar-refractivity contribution < 1.29 is 15.0 Å². The van der Waals surface area contributed by atoms with E-state index in [9.17, 15) is 15.0 Å². The molecule has 1 heterocycles. The molecular weight excluding hydrogens is 410 g/mol. The molecule has 1 aliphatic rings. The number of aryl methyl sites for hydroxylation is 1. The van der Waals surface area contributed by atoms with Crippen LogP contribution in [0.15, 0.2) is 66.7 Å². The Morgan fingerprint density at radius 2 is 1.76 bits per heavy atom. The normalized spacial score (nSPS) is 19.1. The first-order valence-electron chi connectivity index (χ1n) is 11.5. The van der Waals surface area contributed by atoms with E-state index in [-0.39, 0.29) is 0 Å². The van der Waals surface area contributed by atoms with Gasteiger partial charge in [0.2, 0.25) is 0 Å². The number of rotatable bonds is 6. The van der Waals surface area contributed by atoms with E-state index in [1.54, 1.807) is 0 Å². The first-order valence-corrected chi connectivity index (χ1v) is 11.5. The number of carbonyl (C=O) groups is 1. The summed E-state index contributed by atoms with van der Waals surface area (Å²) in [7, 11) is 0. The number of carboxylic acid groups (broad SMARTS) is 1. The van der Waals surface area contributed by atoms with Crippen molar-refractivity contribution in [3.8, 4) is 11.1 Å². The fourth-order valence-corrected chi connectivity index (χ4v) is 4.74. The third kappa shape index (κ3) is 5.24. The van der Waals surface area contributed by atoms with Crippen molar-refractivity contribution in [1.29, 1.82) is 0 Å². The molecule has 3 aromatic carbocycles. The number of likely N-dealkylation sites (tertiary alicyclic amines) is 1. The van der Waals surface area contributed by atoms with Crippen LogP contribution in [0.4, 0.5) is 0 Å². The molecule has 2 unspecified atom stereocenters. The number of aliphatic hydroxyl groups is 1. The lowest BCUT2D eigenvalue weighted by Gasteiger charge is -2.36. The van der Waals surface area contributed by atoms with Crippen molar-refractivity contribution in [2.24, 2.45) is 0 Å². The molecule has 0 bridgehead atoms. The van der Waals surface area contributed by atoms with Gasteiger partial charge in [0.15, 0.2) is 0 Å². The lowest BCUT2D eigenvalue weighted by Crippen LogP contribution is -2.52. The van der Waals surface area contributed by atoms with Gasteiger partial charge in [0.05, 0.1) is 6.10 Å². The zero-order valence-corrected chi connectivity index (χ0v) is 19.2. The van der Waals surface area contributed by atoms with Crippen molar-refractivity contribution in [2.45, 2.75) is 45.4 Å². The predicted octanol–water partition coefficient (Wildman–Crippen LogP) is 5.55. The molecule has 0 spiro atoms. The summed E-state index contributed by atoms with van der Waals surface area (Å²) >= 11 is 0. The molecule has 1 saturated heterocycles. The molecule has 1 fully saturated rings. The Bertz CT molecular complexity index is 1150. The lowest BCUT2D eigenvalue weighted by molar-refractivity contribution is -0.150. The minimum Gasteiger partial charge on any atom is -0.480 e. The highest BCUT2D eigenvalue weighted by molar-refractivity contribution is 5.78. The van der Waals surface area contributed by atoms with E-state index in [0.29, 0.717) is 19.5 Å². The van der Waals surface area contributed by atoms with Crippen LogP contribution in [0, 0.1) is 13.8 Å². The number of hydrogen-bond donors (Lipinski definition) is 2. The number of piperidine rings is 1. The Hall–Kier alpha value is -3.21.